The SMILES string of the molecule is Cc1cc(C(=O)N2CCN(Cn3cc(Cl)cn3)CC2)on1. The van der Waals surface area contributed by atoms with Gasteiger partial charge in [0.25, 0.3) is 5.91 Å². The summed E-state index contributed by atoms with van der Waals surface area (Å²) in [5, 5.41) is 8.53. The van der Waals surface area contributed by atoms with Gasteiger partial charge >= 0.3 is 0 Å². The highest BCUT2D eigenvalue weighted by Gasteiger charge is 2.24. The van der Waals surface area contributed by atoms with Crippen LogP contribution in [0.15, 0.2) is 23.0 Å². The van der Waals surface area contributed by atoms with E-state index < -0.39 is 0 Å². The molecule has 1 saturated heterocycles. The summed E-state index contributed by atoms with van der Waals surface area (Å²) in [7, 11) is 0. The summed E-state index contributed by atoms with van der Waals surface area (Å²) < 4.78 is 6.81. The summed E-state index contributed by atoms with van der Waals surface area (Å²) in [5.41, 5.74) is 0.715. The Kier molecular flexibility index (Phi) is 3.94. The van der Waals surface area contributed by atoms with Gasteiger partial charge in [0.05, 0.1) is 23.6 Å². The van der Waals surface area contributed by atoms with Crippen LogP contribution in [0.5, 0.6) is 0 Å². The molecule has 3 rings (SSSR count). The van der Waals surface area contributed by atoms with Crippen LogP contribution in [0.4, 0.5) is 0 Å². The Morgan fingerprint density at radius 3 is 2.71 bits per heavy atom. The van der Waals surface area contributed by atoms with Gasteiger partial charge in [-0.15, -0.1) is 0 Å². The molecule has 2 aromatic rings. The van der Waals surface area contributed by atoms with Gasteiger partial charge in [0.1, 0.15) is 0 Å². The molecule has 0 aliphatic carbocycles. The van der Waals surface area contributed by atoms with E-state index in [4.69, 9.17) is 16.1 Å². The van der Waals surface area contributed by atoms with E-state index in [-0.39, 0.29) is 5.91 Å². The molecule has 112 valence electrons. The van der Waals surface area contributed by atoms with E-state index in [1.807, 2.05) is 0 Å². The average molecular weight is 310 g/mol. The third-order valence-electron chi connectivity index (χ3n) is 3.44. The number of hydrogen-bond acceptors (Lipinski definition) is 5. The molecule has 7 nitrogen and oxygen atoms in total. The summed E-state index contributed by atoms with van der Waals surface area (Å²) in [6.07, 6.45) is 3.41. The molecule has 0 aromatic carbocycles. The number of rotatable bonds is 3. The molecule has 3 heterocycles. The molecule has 0 spiro atoms. The van der Waals surface area contributed by atoms with Crippen molar-refractivity contribution < 1.29 is 9.32 Å². The monoisotopic (exact) mass is 309 g/mol. The number of amides is 1. The van der Waals surface area contributed by atoms with Gasteiger partial charge in [-0.1, -0.05) is 16.8 Å². The van der Waals surface area contributed by atoms with E-state index in [1.165, 1.54) is 0 Å². The lowest BCUT2D eigenvalue weighted by Crippen LogP contribution is -2.48. The largest absolute Gasteiger partial charge is 0.351 e. The number of nitrogens with zero attached hydrogens (tertiary/aromatic N) is 5. The van der Waals surface area contributed by atoms with Crippen molar-refractivity contribution in [3.8, 4) is 0 Å². The Hall–Kier alpha value is -1.86. The van der Waals surface area contributed by atoms with Crippen molar-refractivity contribution in [1.82, 2.24) is 24.7 Å². The Bertz CT molecular complexity index is 630. The second-order valence-corrected chi connectivity index (χ2v) is 5.52. The minimum Gasteiger partial charge on any atom is -0.351 e. The molecule has 0 unspecified atom stereocenters. The van der Waals surface area contributed by atoms with Crippen molar-refractivity contribution in [3.05, 3.63) is 34.9 Å². The molecular formula is C13H16ClN5O2. The topological polar surface area (TPSA) is 67.4 Å². The van der Waals surface area contributed by atoms with E-state index in [1.54, 1.807) is 35.0 Å². The fourth-order valence-electron chi connectivity index (χ4n) is 2.33. The lowest BCUT2D eigenvalue weighted by Gasteiger charge is -2.33. The number of piperazine rings is 1. The number of halogens is 1. The second kappa shape index (κ2) is 5.87. The van der Waals surface area contributed by atoms with Gasteiger partial charge in [-0.2, -0.15) is 5.10 Å². The fraction of sp³-hybridized carbons (Fsp3) is 0.462. The van der Waals surface area contributed by atoms with E-state index >= 15 is 0 Å². The van der Waals surface area contributed by atoms with Crippen molar-refractivity contribution in [3.63, 3.8) is 0 Å². The molecule has 1 amide bonds. The van der Waals surface area contributed by atoms with Gasteiger partial charge in [-0.25, -0.2) is 0 Å². The summed E-state index contributed by atoms with van der Waals surface area (Å²) in [6, 6.07) is 1.67. The van der Waals surface area contributed by atoms with Gasteiger partial charge in [0.15, 0.2) is 0 Å². The minimum absolute atomic E-state index is 0.0996. The fourth-order valence-corrected chi connectivity index (χ4v) is 2.49. The predicted molar refractivity (Wildman–Crippen MR) is 76.0 cm³/mol. The molecule has 1 aliphatic heterocycles. The molecular weight excluding hydrogens is 294 g/mol. The number of aromatic nitrogens is 3. The van der Waals surface area contributed by atoms with E-state index in [9.17, 15) is 4.79 Å². The van der Waals surface area contributed by atoms with Crippen molar-refractivity contribution in [2.75, 3.05) is 26.2 Å². The Labute approximate surface area is 127 Å². The van der Waals surface area contributed by atoms with Crippen molar-refractivity contribution in [2.45, 2.75) is 13.6 Å². The van der Waals surface area contributed by atoms with Gasteiger partial charge in [-0.05, 0) is 6.92 Å². The molecule has 1 fully saturated rings. The summed E-state index contributed by atoms with van der Waals surface area (Å²) in [6.45, 7) is 5.37. The zero-order chi connectivity index (χ0) is 14.8. The van der Waals surface area contributed by atoms with Crippen LogP contribution in [-0.2, 0) is 6.67 Å². The number of carbonyl (C=O) groups excluding carboxylic acids is 1. The van der Waals surface area contributed by atoms with Crippen molar-refractivity contribution in [2.24, 2.45) is 0 Å². The maximum Gasteiger partial charge on any atom is 0.292 e. The highest BCUT2D eigenvalue weighted by atomic mass is 35.5. The summed E-state index contributed by atoms with van der Waals surface area (Å²) in [5.74, 6) is 0.206. The van der Waals surface area contributed by atoms with Gasteiger partial charge in [0.2, 0.25) is 5.76 Å². The zero-order valence-corrected chi connectivity index (χ0v) is 12.5. The normalized spacial score (nSPS) is 16.4. The lowest BCUT2D eigenvalue weighted by atomic mass is 10.3. The van der Waals surface area contributed by atoms with Crippen LogP contribution in [0.3, 0.4) is 0 Å². The standard InChI is InChI=1S/C13H16ClN5O2/c1-10-6-12(21-16-10)13(20)18-4-2-17(3-5-18)9-19-8-11(14)7-15-19/h6-8H,2-5,9H2,1H3. The van der Waals surface area contributed by atoms with Crippen molar-refractivity contribution in [1.29, 1.82) is 0 Å². The molecule has 8 heteroatoms. The van der Waals surface area contributed by atoms with Gasteiger partial charge < -0.3 is 9.42 Å². The van der Waals surface area contributed by atoms with Crippen LogP contribution in [0.2, 0.25) is 5.02 Å². The first-order valence-corrected chi connectivity index (χ1v) is 7.12. The van der Waals surface area contributed by atoms with Gasteiger partial charge in [0, 0.05) is 38.4 Å². The molecule has 0 atom stereocenters. The zero-order valence-electron chi connectivity index (χ0n) is 11.7. The van der Waals surface area contributed by atoms with Gasteiger partial charge in [-0.3, -0.25) is 14.4 Å². The molecule has 0 bridgehead atoms. The molecule has 0 N–H and O–H groups in total. The highest BCUT2D eigenvalue weighted by Crippen LogP contribution is 2.11. The quantitative estimate of drug-likeness (QED) is 0.853. The van der Waals surface area contributed by atoms with E-state index in [2.05, 4.69) is 15.2 Å². The van der Waals surface area contributed by atoms with E-state index in [0.29, 0.717) is 36.2 Å². The van der Waals surface area contributed by atoms with Crippen LogP contribution in [0.1, 0.15) is 16.2 Å². The first-order valence-electron chi connectivity index (χ1n) is 6.75. The summed E-state index contributed by atoms with van der Waals surface area (Å²) >= 11 is 5.84. The molecule has 21 heavy (non-hydrogen) atoms. The van der Waals surface area contributed by atoms with Crippen LogP contribution in [-0.4, -0.2) is 56.8 Å². The molecule has 0 saturated carbocycles. The maximum atomic E-state index is 12.2. The van der Waals surface area contributed by atoms with E-state index in [0.717, 1.165) is 13.1 Å². The Morgan fingerprint density at radius 2 is 2.14 bits per heavy atom. The lowest BCUT2D eigenvalue weighted by molar-refractivity contribution is 0.0549. The maximum absolute atomic E-state index is 12.2. The van der Waals surface area contributed by atoms with Crippen LogP contribution in [0.25, 0.3) is 0 Å². The first-order chi connectivity index (χ1) is 10.1. The van der Waals surface area contributed by atoms with Crippen LogP contribution >= 0.6 is 11.6 Å². The molecule has 0 radical (unpaired) electrons. The smallest absolute Gasteiger partial charge is 0.292 e. The Morgan fingerprint density at radius 1 is 1.38 bits per heavy atom. The highest BCUT2D eigenvalue weighted by molar-refractivity contribution is 6.30. The average Bonchev–Trinajstić information content (AvgIpc) is 3.08. The minimum atomic E-state index is -0.0996. The number of aryl methyl sites for hydroxylation is 1. The first kappa shape index (κ1) is 14.1. The third-order valence-corrected chi connectivity index (χ3v) is 3.64. The number of hydrogen-bond donors (Lipinski definition) is 0. The molecule has 2 aromatic heterocycles. The summed E-state index contributed by atoms with van der Waals surface area (Å²) in [4.78, 5) is 16.2. The number of carbonyl (C=O) groups is 1. The third kappa shape index (κ3) is 3.25. The van der Waals surface area contributed by atoms with Crippen molar-refractivity contribution >= 4 is 17.5 Å². The Balaban J connectivity index is 1.54. The van der Waals surface area contributed by atoms with Crippen LogP contribution < -0.4 is 0 Å². The second-order valence-electron chi connectivity index (χ2n) is 5.08. The van der Waals surface area contributed by atoms with Crippen LogP contribution in [0, 0.1) is 6.92 Å². The molecule has 1 aliphatic rings. The predicted octanol–water partition coefficient (Wildman–Crippen LogP) is 1.25.